The van der Waals surface area contributed by atoms with E-state index in [-0.39, 0.29) is 11.5 Å². The molecule has 19 heavy (non-hydrogen) atoms. The van der Waals surface area contributed by atoms with Crippen molar-refractivity contribution < 1.29 is 14.7 Å². The van der Waals surface area contributed by atoms with Crippen molar-refractivity contribution in [1.82, 2.24) is 4.90 Å². The minimum atomic E-state index is -0.992. The molecule has 0 radical (unpaired) electrons. The molecule has 1 saturated heterocycles. The Morgan fingerprint density at radius 3 is 2.16 bits per heavy atom. The highest BCUT2D eigenvalue weighted by Gasteiger charge is 2.18. The molecule has 0 saturated carbocycles. The highest BCUT2D eigenvalue weighted by atomic mass is 16.4. The first-order valence-corrected chi connectivity index (χ1v) is 6.72. The number of likely N-dealkylation sites (tertiary alicyclic amines) is 1. The summed E-state index contributed by atoms with van der Waals surface area (Å²) in [6.07, 6.45) is 4.39. The summed E-state index contributed by atoms with van der Waals surface area (Å²) in [5.41, 5.74) is 1.47. The van der Waals surface area contributed by atoms with Gasteiger partial charge in [-0.2, -0.15) is 0 Å². The molecule has 4 heteroatoms. The Bertz CT molecular complexity index is 488. The topological polar surface area (TPSA) is 57.6 Å². The number of carboxylic acids is 1. The molecule has 0 unspecified atom stereocenters. The molecular weight excluding hydrogens is 242 g/mol. The second-order valence-electron chi connectivity index (χ2n) is 5.10. The summed E-state index contributed by atoms with van der Waals surface area (Å²) >= 11 is 0. The van der Waals surface area contributed by atoms with E-state index in [1.165, 1.54) is 6.07 Å². The van der Waals surface area contributed by atoms with Gasteiger partial charge in [0.1, 0.15) is 0 Å². The summed E-state index contributed by atoms with van der Waals surface area (Å²) in [4.78, 5) is 25.3. The van der Waals surface area contributed by atoms with Crippen LogP contribution in [0.5, 0.6) is 0 Å². The van der Waals surface area contributed by atoms with Crippen LogP contribution in [0.4, 0.5) is 0 Å². The summed E-state index contributed by atoms with van der Waals surface area (Å²) in [5.74, 6) is -1.04. The van der Waals surface area contributed by atoms with Gasteiger partial charge in [-0.3, -0.25) is 4.79 Å². The van der Waals surface area contributed by atoms with E-state index < -0.39 is 5.97 Å². The molecule has 0 aromatic heterocycles. The van der Waals surface area contributed by atoms with Crippen molar-refractivity contribution in [2.75, 3.05) is 13.1 Å². The van der Waals surface area contributed by atoms with Gasteiger partial charge in [-0.1, -0.05) is 12.8 Å². The Kier molecular flexibility index (Phi) is 4.20. The first kappa shape index (κ1) is 13.6. The Labute approximate surface area is 113 Å². The van der Waals surface area contributed by atoms with Gasteiger partial charge >= 0.3 is 5.97 Å². The number of nitrogens with zero attached hydrogens (tertiary/aromatic N) is 1. The Balaban J connectivity index is 2.24. The van der Waals surface area contributed by atoms with Crippen LogP contribution >= 0.6 is 0 Å². The third-order valence-corrected chi connectivity index (χ3v) is 3.46. The second-order valence-corrected chi connectivity index (χ2v) is 5.10. The molecule has 0 bridgehead atoms. The van der Waals surface area contributed by atoms with Crippen LogP contribution in [0.2, 0.25) is 0 Å². The van der Waals surface area contributed by atoms with Gasteiger partial charge in [0, 0.05) is 18.7 Å². The van der Waals surface area contributed by atoms with Crippen LogP contribution in [0, 0.1) is 6.92 Å². The number of carbonyl (C=O) groups is 2. The van der Waals surface area contributed by atoms with Crippen LogP contribution in [0.15, 0.2) is 18.2 Å². The van der Waals surface area contributed by atoms with E-state index >= 15 is 0 Å². The van der Waals surface area contributed by atoms with Crippen molar-refractivity contribution in [3.8, 4) is 0 Å². The Hall–Kier alpha value is -1.84. The largest absolute Gasteiger partial charge is 0.478 e. The van der Waals surface area contributed by atoms with Gasteiger partial charge in [0.15, 0.2) is 0 Å². The number of carboxylic acid groups (broad SMARTS) is 1. The molecule has 1 amide bonds. The Morgan fingerprint density at radius 1 is 1.00 bits per heavy atom. The van der Waals surface area contributed by atoms with Crippen molar-refractivity contribution in [3.63, 3.8) is 0 Å². The predicted molar refractivity (Wildman–Crippen MR) is 72.5 cm³/mol. The highest BCUT2D eigenvalue weighted by molar-refractivity contribution is 5.97. The van der Waals surface area contributed by atoms with E-state index in [1.807, 2.05) is 11.8 Å². The lowest BCUT2D eigenvalue weighted by molar-refractivity contribution is 0.0696. The first-order valence-electron chi connectivity index (χ1n) is 6.72. The monoisotopic (exact) mass is 261 g/mol. The fourth-order valence-electron chi connectivity index (χ4n) is 2.49. The normalized spacial score (nSPS) is 15.9. The number of benzene rings is 1. The van der Waals surface area contributed by atoms with Crippen molar-refractivity contribution in [3.05, 3.63) is 34.9 Å². The number of carbonyl (C=O) groups excluding carboxylic acids is 1. The molecule has 4 nitrogen and oxygen atoms in total. The lowest BCUT2D eigenvalue weighted by Gasteiger charge is -2.20. The van der Waals surface area contributed by atoms with Gasteiger partial charge in [0.05, 0.1) is 5.56 Å². The summed E-state index contributed by atoms with van der Waals surface area (Å²) in [5, 5.41) is 9.05. The SMILES string of the molecule is Cc1cc(C(=O)O)cc(C(=O)N2CCCCCC2)c1. The molecule has 1 fully saturated rings. The molecule has 2 rings (SSSR count). The van der Waals surface area contributed by atoms with E-state index in [4.69, 9.17) is 5.11 Å². The van der Waals surface area contributed by atoms with Crippen molar-refractivity contribution in [2.45, 2.75) is 32.6 Å². The van der Waals surface area contributed by atoms with Crippen LogP contribution in [0.3, 0.4) is 0 Å². The van der Waals surface area contributed by atoms with Crippen LogP contribution in [0.25, 0.3) is 0 Å². The zero-order valence-corrected chi connectivity index (χ0v) is 11.2. The molecule has 1 heterocycles. The average Bonchev–Trinajstić information content (AvgIpc) is 2.65. The zero-order valence-electron chi connectivity index (χ0n) is 11.2. The fraction of sp³-hybridized carbons (Fsp3) is 0.467. The first-order chi connectivity index (χ1) is 9.08. The van der Waals surface area contributed by atoms with Gasteiger partial charge in [0.25, 0.3) is 5.91 Å². The molecule has 0 aliphatic carbocycles. The number of rotatable bonds is 2. The standard InChI is InChI=1S/C15H19NO3/c1-11-8-12(10-13(9-11)15(18)19)14(17)16-6-4-2-3-5-7-16/h8-10H,2-7H2,1H3,(H,18,19). The van der Waals surface area contributed by atoms with Crippen LogP contribution in [0.1, 0.15) is 52.0 Å². The Morgan fingerprint density at radius 2 is 1.58 bits per heavy atom. The summed E-state index contributed by atoms with van der Waals surface area (Å²) < 4.78 is 0. The highest BCUT2D eigenvalue weighted by Crippen LogP contribution is 2.16. The second kappa shape index (κ2) is 5.87. The molecule has 1 aliphatic heterocycles. The maximum absolute atomic E-state index is 12.4. The molecule has 1 N–H and O–H groups in total. The van der Waals surface area contributed by atoms with Crippen LogP contribution in [-0.4, -0.2) is 35.0 Å². The smallest absolute Gasteiger partial charge is 0.335 e. The number of hydrogen-bond donors (Lipinski definition) is 1. The van der Waals surface area contributed by atoms with E-state index in [0.717, 1.165) is 44.3 Å². The van der Waals surface area contributed by atoms with E-state index in [2.05, 4.69) is 0 Å². The van der Waals surface area contributed by atoms with Gasteiger partial charge in [-0.15, -0.1) is 0 Å². The number of aromatic carboxylic acids is 1. The molecule has 0 spiro atoms. The molecule has 1 aromatic rings. The van der Waals surface area contributed by atoms with E-state index in [0.29, 0.717) is 5.56 Å². The van der Waals surface area contributed by atoms with Crippen LogP contribution in [-0.2, 0) is 0 Å². The van der Waals surface area contributed by atoms with Crippen LogP contribution < -0.4 is 0 Å². The maximum atomic E-state index is 12.4. The maximum Gasteiger partial charge on any atom is 0.335 e. The minimum Gasteiger partial charge on any atom is -0.478 e. The van der Waals surface area contributed by atoms with Crippen molar-refractivity contribution >= 4 is 11.9 Å². The summed E-state index contributed by atoms with van der Waals surface area (Å²) in [7, 11) is 0. The third kappa shape index (κ3) is 3.34. The molecule has 1 aliphatic rings. The lowest BCUT2D eigenvalue weighted by atomic mass is 10.1. The molecule has 102 valence electrons. The lowest BCUT2D eigenvalue weighted by Crippen LogP contribution is -2.32. The van der Waals surface area contributed by atoms with Crippen molar-refractivity contribution in [2.24, 2.45) is 0 Å². The predicted octanol–water partition coefficient (Wildman–Crippen LogP) is 2.71. The van der Waals surface area contributed by atoms with E-state index in [1.54, 1.807) is 12.1 Å². The molecule has 1 aromatic carbocycles. The van der Waals surface area contributed by atoms with Crippen molar-refractivity contribution in [1.29, 1.82) is 0 Å². The van der Waals surface area contributed by atoms with Gasteiger partial charge in [0.2, 0.25) is 0 Å². The summed E-state index contributed by atoms with van der Waals surface area (Å²) in [6.45, 7) is 3.36. The quantitative estimate of drug-likeness (QED) is 0.890. The van der Waals surface area contributed by atoms with Gasteiger partial charge < -0.3 is 10.0 Å². The zero-order chi connectivity index (χ0) is 13.8. The van der Waals surface area contributed by atoms with Gasteiger partial charge in [-0.25, -0.2) is 4.79 Å². The summed E-state index contributed by atoms with van der Waals surface area (Å²) in [6, 6.07) is 4.82. The molecule has 0 atom stereocenters. The average molecular weight is 261 g/mol. The number of hydrogen-bond acceptors (Lipinski definition) is 2. The number of amides is 1. The fourth-order valence-corrected chi connectivity index (χ4v) is 2.49. The van der Waals surface area contributed by atoms with E-state index in [9.17, 15) is 9.59 Å². The number of aryl methyl sites for hydroxylation is 1. The van der Waals surface area contributed by atoms with Gasteiger partial charge in [-0.05, 0) is 43.5 Å². The third-order valence-electron chi connectivity index (χ3n) is 3.46. The molecular formula is C15H19NO3. The minimum absolute atomic E-state index is 0.0481.